The molecule has 3 unspecified atom stereocenters. The molecule has 0 saturated heterocycles. The van der Waals surface area contributed by atoms with E-state index in [9.17, 15) is 0 Å². The van der Waals surface area contributed by atoms with E-state index in [1.807, 2.05) is 0 Å². The third-order valence-electron chi connectivity index (χ3n) is 3.68. The van der Waals surface area contributed by atoms with E-state index in [0.29, 0.717) is 6.04 Å². The number of benzene rings is 1. The molecule has 3 atom stereocenters. The molecule has 1 N–H and O–H groups in total. The molecule has 0 aromatic heterocycles. The van der Waals surface area contributed by atoms with Crippen LogP contribution >= 0.6 is 0 Å². The third kappa shape index (κ3) is 2.65. The lowest BCUT2D eigenvalue weighted by Crippen LogP contribution is -2.29. The average molecular weight is 217 g/mol. The van der Waals surface area contributed by atoms with E-state index in [4.69, 9.17) is 0 Å². The standard InChI is InChI=1S/C15H23N/c1-11(2)9-15(16-3)14-10-13(14)12-7-5-4-6-8-12/h4-8,11,13-16H,9-10H2,1-3H3. The molecule has 0 radical (unpaired) electrons. The number of hydrogen-bond acceptors (Lipinski definition) is 1. The number of hydrogen-bond donors (Lipinski definition) is 1. The molecule has 0 heterocycles. The Labute approximate surface area is 99.3 Å². The van der Waals surface area contributed by atoms with E-state index in [1.54, 1.807) is 0 Å². The monoisotopic (exact) mass is 217 g/mol. The SMILES string of the molecule is CNC(CC(C)C)C1CC1c1ccccc1. The van der Waals surface area contributed by atoms with Gasteiger partial charge in [-0.15, -0.1) is 0 Å². The Morgan fingerprint density at radius 1 is 1.25 bits per heavy atom. The van der Waals surface area contributed by atoms with Crippen molar-refractivity contribution < 1.29 is 0 Å². The Morgan fingerprint density at radius 3 is 2.50 bits per heavy atom. The van der Waals surface area contributed by atoms with Crippen LogP contribution in [0.5, 0.6) is 0 Å². The molecule has 0 spiro atoms. The van der Waals surface area contributed by atoms with E-state index in [2.05, 4.69) is 56.5 Å². The molecule has 1 aromatic rings. The third-order valence-corrected chi connectivity index (χ3v) is 3.68. The van der Waals surface area contributed by atoms with Crippen LogP contribution in [0.1, 0.15) is 38.2 Å². The molecule has 1 aliphatic carbocycles. The van der Waals surface area contributed by atoms with Gasteiger partial charge >= 0.3 is 0 Å². The van der Waals surface area contributed by atoms with Gasteiger partial charge in [0.1, 0.15) is 0 Å². The quantitative estimate of drug-likeness (QED) is 0.797. The molecule has 1 aromatic carbocycles. The van der Waals surface area contributed by atoms with Crippen molar-refractivity contribution in [3.63, 3.8) is 0 Å². The molecule has 88 valence electrons. The van der Waals surface area contributed by atoms with Gasteiger partial charge in [0.15, 0.2) is 0 Å². The number of nitrogens with one attached hydrogen (secondary N) is 1. The Kier molecular flexibility index (Phi) is 3.65. The first-order valence-corrected chi connectivity index (χ1v) is 6.44. The van der Waals surface area contributed by atoms with Crippen molar-refractivity contribution in [2.45, 2.75) is 38.6 Å². The summed E-state index contributed by atoms with van der Waals surface area (Å²) in [6.45, 7) is 4.62. The summed E-state index contributed by atoms with van der Waals surface area (Å²) in [6, 6.07) is 11.7. The van der Waals surface area contributed by atoms with Crippen LogP contribution < -0.4 is 5.32 Å². The Bertz CT molecular complexity index is 317. The highest BCUT2D eigenvalue weighted by molar-refractivity contribution is 5.26. The van der Waals surface area contributed by atoms with Gasteiger partial charge in [0.05, 0.1) is 0 Å². The summed E-state index contributed by atoms with van der Waals surface area (Å²) in [4.78, 5) is 0. The zero-order valence-corrected chi connectivity index (χ0v) is 10.6. The van der Waals surface area contributed by atoms with Crippen molar-refractivity contribution >= 4 is 0 Å². The lowest BCUT2D eigenvalue weighted by atomic mass is 9.97. The highest BCUT2D eigenvalue weighted by Gasteiger charge is 2.42. The fourth-order valence-corrected chi connectivity index (χ4v) is 2.76. The molecule has 1 saturated carbocycles. The van der Waals surface area contributed by atoms with E-state index in [-0.39, 0.29) is 0 Å². The van der Waals surface area contributed by atoms with Crippen molar-refractivity contribution in [2.24, 2.45) is 11.8 Å². The van der Waals surface area contributed by atoms with Crippen LogP contribution in [-0.4, -0.2) is 13.1 Å². The second-order valence-corrected chi connectivity index (χ2v) is 5.44. The van der Waals surface area contributed by atoms with Gasteiger partial charge in [-0.1, -0.05) is 44.2 Å². The van der Waals surface area contributed by atoms with Crippen LogP contribution in [-0.2, 0) is 0 Å². The minimum atomic E-state index is 0.699. The largest absolute Gasteiger partial charge is 0.317 e. The molecule has 1 heteroatoms. The van der Waals surface area contributed by atoms with Crippen LogP contribution in [0.15, 0.2) is 30.3 Å². The van der Waals surface area contributed by atoms with Crippen molar-refractivity contribution in [1.29, 1.82) is 0 Å². The molecular formula is C15H23N. The molecule has 0 aliphatic heterocycles. The summed E-state index contributed by atoms with van der Waals surface area (Å²) >= 11 is 0. The van der Waals surface area contributed by atoms with E-state index in [1.165, 1.54) is 18.4 Å². The Hall–Kier alpha value is -0.820. The first-order chi connectivity index (χ1) is 7.72. The van der Waals surface area contributed by atoms with Crippen molar-refractivity contribution in [1.82, 2.24) is 5.32 Å². The zero-order valence-electron chi connectivity index (χ0n) is 10.6. The van der Waals surface area contributed by atoms with Gasteiger partial charge in [-0.2, -0.15) is 0 Å². The lowest BCUT2D eigenvalue weighted by Gasteiger charge is -2.18. The maximum atomic E-state index is 3.50. The predicted octanol–water partition coefficient (Wildman–Crippen LogP) is 3.42. The van der Waals surface area contributed by atoms with E-state index in [0.717, 1.165) is 17.8 Å². The van der Waals surface area contributed by atoms with E-state index < -0.39 is 0 Å². The van der Waals surface area contributed by atoms with Gasteiger partial charge in [0, 0.05) is 6.04 Å². The van der Waals surface area contributed by atoms with Gasteiger partial charge in [-0.05, 0) is 43.2 Å². The predicted molar refractivity (Wildman–Crippen MR) is 69.6 cm³/mol. The van der Waals surface area contributed by atoms with Gasteiger partial charge in [0.25, 0.3) is 0 Å². The summed E-state index contributed by atoms with van der Waals surface area (Å²) in [5.74, 6) is 2.45. The average Bonchev–Trinajstić information content (AvgIpc) is 3.07. The second-order valence-electron chi connectivity index (χ2n) is 5.44. The first-order valence-electron chi connectivity index (χ1n) is 6.44. The minimum absolute atomic E-state index is 0.699. The van der Waals surface area contributed by atoms with Crippen molar-refractivity contribution in [2.75, 3.05) is 7.05 Å². The maximum absolute atomic E-state index is 3.50. The molecule has 0 amide bonds. The van der Waals surface area contributed by atoms with Gasteiger partial charge in [-0.3, -0.25) is 0 Å². The fourth-order valence-electron chi connectivity index (χ4n) is 2.76. The van der Waals surface area contributed by atoms with Crippen LogP contribution in [0, 0.1) is 11.8 Å². The smallest absolute Gasteiger partial charge is 0.0101 e. The molecular weight excluding hydrogens is 194 g/mol. The first kappa shape index (κ1) is 11.7. The minimum Gasteiger partial charge on any atom is -0.317 e. The summed E-state index contributed by atoms with van der Waals surface area (Å²) < 4.78 is 0. The molecule has 1 nitrogen and oxygen atoms in total. The Balaban J connectivity index is 1.94. The molecule has 0 bridgehead atoms. The Morgan fingerprint density at radius 2 is 1.94 bits per heavy atom. The lowest BCUT2D eigenvalue weighted by molar-refractivity contribution is 0.401. The van der Waals surface area contributed by atoms with Crippen LogP contribution in [0.2, 0.25) is 0 Å². The van der Waals surface area contributed by atoms with Crippen LogP contribution in [0.3, 0.4) is 0 Å². The van der Waals surface area contributed by atoms with Gasteiger partial charge in [-0.25, -0.2) is 0 Å². The van der Waals surface area contributed by atoms with E-state index >= 15 is 0 Å². The summed E-state index contributed by atoms with van der Waals surface area (Å²) in [6.07, 6.45) is 2.66. The van der Waals surface area contributed by atoms with Crippen molar-refractivity contribution in [3.8, 4) is 0 Å². The molecule has 2 rings (SSSR count). The highest BCUT2D eigenvalue weighted by Crippen LogP contribution is 2.50. The zero-order chi connectivity index (χ0) is 11.5. The normalized spacial score (nSPS) is 25.8. The van der Waals surface area contributed by atoms with Crippen LogP contribution in [0.25, 0.3) is 0 Å². The summed E-state index contributed by atoms with van der Waals surface area (Å²) in [7, 11) is 2.10. The van der Waals surface area contributed by atoms with Gasteiger partial charge in [0.2, 0.25) is 0 Å². The maximum Gasteiger partial charge on any atom is 0.0101 e. The summed E-state index contributed by atoms with van der Waals surface area (Å²) in [5.41, 5.74) is 1.52. The number of rotatable bonds is 5. The molecule has 1 aliphatic rings. The van der Waals surface area contributed by atoms with Crippen LogP contribution in [0.4, 0.5) is 0 Å². The molecule has 16 heavy (non-hydrogen) atoms. The van der Waals surface area contributed by atoms with Crippen molar-refractivity contribution in [3.05, 3.63) is 35.9 Å². The molecule has 1 fully saturated rings. The topological polar surface area (TPSA) is 12.0 Å². The highest BCUT2D eigenvalue weighted by atomic mass is 14.9. The fraction of sp³-hybridized carbons (Fsp3) is 0.600. The summed E-state index contributed by atoms with van der Waals surface area (Å²) in [5, 5.41) is 3.50. The van der Waals surface area contributed by atoms with Gasteiger partial charge < -0.3 is 5.32 Å². The second kappa shape index (κ2) is 5.01.